The molecule has 0 saturated heterocycles. The molecule has 0 saturated carbocycles. The van der Waals surface area contributed by atoms with Crippen molar-refractivity contribution in [3.63, 3.8) is 0 Å². The van der Waals surface area contributed by atoms with Crippen LogP contribution >= 0.6 is 11.8 Å². The van der Waals surface area contributed by atoms with Gasteiger partial charge in [0.15, 0.2) is 5.76 Å². The minimum atomic E-state index is 0.429. The Labute approximate surface area is 109 Å². The zero-order valence-corrected chi connectivity index (χ0v) is 10.8. The highest BCUT2D eigenvalue weighted by Gasteiger charge is 2.04. The largest absolute Gasteiger partial charge is 0.377 e. The summed E-state index contributed by atoms with van der Waals surface area (Å²) in [5.41, 5.74) is 1.55. The topological polar surface area (TPSA) is 52.3 Å². The van der Waals surface area contributed by atoms with Gasteiger partial charge in [-0.2, -0.15) is 0 Å². The molecule has 0 aliphatic heterocycles. The molecule has 18 heavy (non-hydrogen) atoms. The lowest BCUT2D eigenvalue weighted by Crippen LogP contribution is -1.83. The fourth-order valence-corrected chi connectivity index (χ4v) is 2.31. The molecule has 2 aromatic rings. The molecule has 0 bridgehead atoms. The van der Waals surface area contributed by atoms with Gasteiger partial charge in [-0.1, -0.05) is 17.3 Å². The molecular formula is C13H13NO3S. The zero-order chi connectivity index (χ0) is 12.8. The van der Waals surface area contributed by atoms with E-state index in [9.17, 15) is 4.79 Å². The molecule has 1 heterocycles. The summed E-state index contributed by atoms with van der Waals surface area (Å²) in [6.45, 7) is 0.429. The first kappa shape index (κ1) is 12.9. The van der Waals surface area contributed by atoms with E-state index in [4.69, 9.17) is 9.26 Å². The van der Waals surface area contributed by atoms with Crippen LogP contribution in [-0.2, 0) is 17.1 Å². The summed E-state index contributed by atoms with van der Waals surface area (Å²) < 4.78 is 10.0. The van der Waals surface area contributed by atoms with Crippen molar-refractivity contribution >= 4 is 18.0 Å². The van der Waals surface area contributed by atoms with Gasteiger partial charge in [-0.05, 0) is 12.1 Å². The van der Waals surface area contributed by atoms with Crippen LogP contribution < -0.4 is 0 Å². The molecular weight excluding hydrogens is 250 g/mol. The highest BCUT2D eigenvalue weighted by atomic mass is 32.2. The van der Waals surface area contributed by atoms with E-state index in [2.05, 4.69) is 5.16 Å². The van der Waals surface area contributed by atoms with Gasteiger partial charge in [-0.3, -0.25) is 4.79 Å². The van der Waals surface area contributed by atoms with Crippen LogP contribution in [-0.4, -0.2) is 18.6 Å². The highest BCUT2D eigenvalue weighted by molar-refractivity contribution is 7.98. The lowest BCUT2D eigenvalue weighted by molar-refractivity contribution is 0.112. The Balaban J connectivity index is 1.95. The van der Waals surface area contributed by atoms with E-state index in [-0.39, 0.29) is 0 Å². The third-order valence-electron chi connectivity index (χ3n) is 2.28. The molecule has 0 fully saturated rings. The molecule has 0 aliphatic rings. The van der Waals surface area contributed by atoms with Gasteiger partial charge in [0, 0.05) is 29.4 Å². The van der Waals surface area contributed by atoms with Crippen LogP contribution in [0.25, 0.3) is 0 Å². The molecule has 0 unspecified atom stereocenters. The number of thioether (sulfide) groups is 1. The van der Waals surface area contributed by atoms with Gasteiger partial charge >= 0.3 is 0 Å². The summed E-state index contributed by atoms with van der Waals surface area (Å²) in [5, 5.41) is 3.95. The van der Waals surface area contributed by atoms with Crippen molar-refractivity contribution in [2.75, 3.05) is 7.11 Å². The number of carbonyl (C=O) groups is 1. The van der Waals surface area contributed by atoms with E-state index >= 15 is 0 Å². The third-order valence-corrected chi connectivity index (χ3v) is 3.30. The maximum absolute atomic E-state index is 10.7. The van der Waals surface area contributed by atoms with Gasteiger partial charge in [0.1, 0.15) is 12.9 Å². The third kappa shape index (κ3) is 3.45. The molecule has 5 heteroatoms. The van der Waals surface area contributed by atoms with Crippen LogP contribution in [0, 0.1) is 0 Å². The van der Waals surface area contributed by atoms with Crippen LogP contribution in [0.15, 0.2) is 39.8 Å². The summed E-state index contributed by atoms with van der Waals surface area (Å²) in [5.74, 6) is 1.42. The second-order valence-electron chi connectivity index (χ2n) is 3.70. The van der Waals surface area contributed by atoms with E-state index in [1.54, 1.807) is 24.9 Å². The highest BCUT2D eigenvalue weighted by Crippen LogP contribution is 2.23. The van der Waals surface area contributed by atoms with E-state index in [0.717, 1.165) is 22.6 Å². The van der Waals surface area contributed by atoms with Crippen molar-refractivity contribution in [2.24, 2.45) is 0 Å². The Bertz CT molecular complexity index is 524. The maximum Gasteiger partial charge on any atom is 0.162 e. The van der Waals surface area contributed by atoms with E-state index in [1.165, 1.54) is 0 Å². The number of ether oxygens (including phenoxy) is 1. The SMILES string of the molecule is COCc1cc(CSc2cccc(C=O)c2)no1. The fourth-order valence-electron chi connectivity index (χ4n) is 1.47. The molecule has 1 aromatic carbocycles. The van der Waals surface area contributed by atoms with Crippen LogP contribution in [0.4, 0.5) is 0 Å². The molecule has 0 N–H and O–H groups in total. The van der Waals surface area contributed by atoms with Gasteiger partial charge in [0.2, 0.25) is 0 Å². The van der Waals surface area contributed by atoms with Crippen LogP contribution in [0.3, 0.4) is 0 Å². The standard InChI is InChI=1S/C13H13NO3S/c1-16-8-12-6-11(14-17-12)9-18-13-4-2-3-10(5-13)7-15/h2-7H,8-9H2,1H3. The second kappa shape index (κ2) is 6.37. The summed E-state index contributed by atoms with van der Waals surface area (Å²) in [7, 11) is 1.61. The molecule has 0 spiro atoms. The van der Waals surface area contributed by atoms with Gasteiger partial charge < -0.3 is 9.26 Å². The molecule has 0 radical (unpaired) electrons. The van der Waals surface area contributed by atoms with Gasteiger partial charge in [0.25, 0.3) is 0 Å². The minimum Gasteiger partial charge on any atom is -0.377 e. The number of hydrogen-bond donors (Lipinski definition) is 0. The lowest BCUT2D eigenvalue weighted by atomic mass is 10.2. The molecule has 0 amide bonds. The van der Waals surface area contributed by atoms with Gasteiger partial charge in [-0.15, -0.1) is 11.8 Å². The summed E-state index contributed by atoms with van der Waals surface area (Å²) in [4.78, 5) is 11.7. The molecule has 0 aliphatic carbocycles. The Hall–Kier alpha value is -1.59. The van der Waals surface area contributed by atoms with E-state index in [1.807, 2.05) is 24.3 Å². The average molecular weight is 263 g/mol. The Morgan fingerprint density at radius 2 is 2.33 bits per heavy atom. The molecule has 0 atom stereocenters. The fraction of sp³-hybridized carbons (Fsp3) is 0.231. The van der Waals surface area contributed by atoms with Crippen molar-refractivity contribution in [3.8, 4) is 0 Å². The number of aromatic nitrogens is 1. The monoisotopic (exact) mass is 263 g/mol. The van der Waals surface area contributed by atoms with Crippen molar-refractivity contribution in [2.45, 2.75) is 17.3 Å². The average Bonchev–Trinajstić information content (AvgIpc) is 2.85. The van der Waals surface area contributed by atoms with Crippen LogP contribution in [0.2, 0.25) is 0 Å². The van der Waals surface area contributed by atoms with Crippen molar-refractivity contribution in [1.82, 2.24) is 5.16 Å². The summed E-state index contributed by atoms with van der Waals surface area (Å²) in [6.07, 6.45) is 0.844. The van der Waals surface area contributed by atoms with Gasteiger partial charge in [0.05, 0.1) is 5.69 Å². The number of rotatable bonds is 6. The number of hydrogen-bond acceptors (Lipinski definition) is 5. The smallest absolute Gasteiger partial charge is 0.162 e. The zero-order valence-electron chi connectivity index (χ0n) is 9.96. The van der Waals surface area contributed by atoms with Crippen molar-refractivity contribution in [1.29, 1.82) is 0 Å². The number of methoxy groups -OCH3 is 1. The van der Waals surface area contributed by atoms with Crippen LogP contribution in [0.5, 0.6) is 0 Å². The van der Waals surface area contributed by atoms with Crippen molar-refractivity contribution in [3.05, 3.63) is 47.3 Å². The maximum atomic E-state index is 10.7. The van der Waals surface area contributed by atoms with Gasteiger partial charge in [-0.25, -0.2) is 0 Å². The first-order chi connectivity index (χ1) is 8.81. The Morgan fingerprint density at radius 3 is 3.11 bits per heavy atom. The first-order valence-corrected chi connectivity index (χ1v) is 6.42. The normalized spacial score (nSPS) is 10.5. The molecule has 2 rings (SSSR count). The van der Waals surface area contributed by atoms with E-state index in [0.29, 0.717) is 17.9 Å². The Morgan fingerprint density at radius 1 is 1.44 bits per heavy atom. The number of benzene rings is 1. The Kier molecular flexibility index (Phi) is 4.55. The first-order valence-electron chi connectivity index (χ1n) is 5.43. The molecule has 4 nitrogen and oxygen atoms in total. The number of nitrogens with zero attached hydrogens (tertiary/aromatic N) is 1. The number of carbonyl (C=O) groups excluding carboxylic acids is 1. The predicted octanol–water partition coefficient (Wildman–Crippen LogP) is 2.93. The summed E-state index contributed by atoms with van der Waals surface area (Å²) in [6, 6.07) is 9.34. The second-order valence-corrected chi connectivity index (χ2v) is 4.75. The molecule has 1 aromatic heterocycles. The minimum absolute atomic E-state index is 0.429. The quantitative estimate of drug-likeness (QED) is 0.592. The van der Waals surface area contributed by atoms with Crippen molar-refractivity contribution < 1.29 is 14.1 Å². The molecule has 94 valence electrons. The van der Waals surface area contributed by atoms with E-state index < -0.39 is 0 Å². The number of aldehydes is 1. The van der Waals surface area contributed by atoms with Crippen LogP contribution in [0.1, 0.15) is 21.8 Å². The lowest BCUT2D eigenvalue weighted by Gasteiger charge is -1.99. The predicted molar refractivity (Wildman–Crippen MR) is 68.6 cm³/mol. The summed E-state index contributed by atoms with van der Waals surface area (Å²) >= 11 is 1.61.